The van der Waals surface area contributed by atoms with Gasteiger partial charge in [-0.05, 0) is 52.7 Å². The van der Waals surface area contributed by atoms with Crippen LogP contribution >= 0.6 is 0 Å². The lowest BCUT2D eigenvalue weighted by Gasteiger charge is -2.18. The fourth-order valence-electron chi connectivity index (χ4n) is 4.23. The van der Waals surface area contributed by atoms with E-state index in [1.54, 1.807) is 6.08 Å². The first-order valence-corrected chi connectivity index (χ1v) is 11.6. The van der Waals surface area contributed by atoms with Crippen LogP contribution in [0.25, 0.3) is 22.6 Å². The van der Waals surface area contributed by atoms with E-state index in [2.05, 4.69) is 63.0 Å². The molecule has 0 fully saturated rings. The molecule has 0 saturated heterocycles. The molecule has 1 N–H and O–H groups in total. The van der Waals surface area contributed by atoms with Gasteiger partial charge in [-0.15, -0.1) is 6.58 Å². The lowest BCUT2D eigenvalue weighted by molar-refractivity contribution is -0.124. The minimum atomic E-state index is -0.501. The number of allylic oxidation sites excluding steroid dienone is 1. The van der Waals surface area contributed by atoms with E-state index in [9.17, 15) is 9.59 Å². The number of amides is 1. The van der Waals surface area contributed by atoms with Gasteiger partial charge in [0, 0.05) is 11.9 Å². The van der Waals surface area contributed by atoms with Crippen molar-refractivity contribution in [2.45, 2.75) is 39.0 Å². The summed E-state index contributed by atoms with van der Waals surface area (Å²) in [6.45, 7) is 10.2. The lowest BCUT2D eigenvalue weighted by atomic mass is 9.86. The third-order valence-corrected chi connectivity index (χ3v) is 6.04. The van der Waals surface area contributed by atoms with Crippen LogP contribution in [0.5, 0.6) is 0 Å². The number of rotatable bonds is 6. The lowest BCUT2D eigenvalue weighted by Crippen LogP contribution is -2.29. The highest BCUT2D eigenvalue weighted by Gasteiger charge is 2.28. The maximum atomic E-state index is 13.1. The van der Waals surface area contributed by atoms with E-state index in [1.807, 2.05) is 24.3 Å². The fraction of sp³-hybridized carbons (Fsp3) is 0.276. The minimum absolute atomic E-state index is 0.101. The van der Waals surface area contributed by atoms with Crippen molar-refractivity contribution >= 4 is 34.4 Å². The molecule has 5 heteroatoms. The number of ether oxygens (including phenoxy) is 1. The zero-order valence-corrected chi connectivity index (χ0v) is 20.0. The molecule has 1 aliphatic rings. The predicted molar refractivity (Wildman–Crippen MR) is 137 cm³/mol. The van der Waals surface area contributed by atoms with Crippen LogP contribution in [0.15, 0.2) is 61.2 Å². The molecule has 1 heterocycles. The van der Waals surface area contributed by atoms with Crippen molar-refractivity contribution in [1.29, 1.82) is 0 Å². The second-order valence-corrected chi connectivity index (χ2v) is 9.54. The van der Waals surface area contributed by atoms with Crippen molar-refractivity contribution in [1.82, 2.24) is 10.3 Å². The molecule has 1 aliphatic carbocycles. The number of hydrogen-bond acceptors (Lipinski definition) is 4. The highest BCUT2D eigenvalue weighted by atomic mass is 16.5. The average molecular weight is 455 g/mol. The van der Waals surface area contributed by atoms with E-state index < -0.39 is 5.97 Å². The Bertz CT molecular complexity index is 1280. The van der Waals surface area contributed by atoms with Crippen molar-refractivity contribution in [2.24, 2.45) is 0 Å². The van der Waals surface area contributed by atoms with Crippen LogP contribution in [0, 0.1) is 0 Å². The number of carbonyl (C=O) groups is 2. The third-order valence-electron chi connectivity index (χ3n) is 6.04. The second-order valence-electron chi connectivity index (χ2n) is 9.54. The maximum Gasteiger partial charge on any atom is 0.339 e. The molecule has 0 atom stereocenters. The van der Waals surface area contributed by atoms with Gasteiger partial charge >= 0.3 is 5.97 Å². The molecule has 3 aromatic rings. The summed E-state index contributed by atoms with van der Waals surface area (Å²) in [6, 6.07) is 16.1. The fourth-order valence-corrected chi connectivity index (χ4v) is 4.23. The number of benzene rings is 2. The molecule has 0 spiro atoms. The van der Waals surface area contributed by atoms with Crippen LogP contribution in [-0.2, 0) is 21.4 Å². The molecule has 5 nitrogen and oxygen atoms in total. The predicted octanol–water partition coefficient (Wildman–Crippen LogP) is 5.48. The van der Waals surface area contributed by atoms with Crippen LogP contribution in [0.1, 0.15) is 59.9 Å². The van der Waals surface area contributed by atoms with Crippen LogP contribution in [0.2, 0.25) is 0 Å². The van der Waals surface area contributed by atoms with Crippen LogP contribution < -0.4 is 5.32 Å². The summed E-state index contributed by atoms with van der Waals surface area (Å²) in [4.78, 5) is 29.9. The number of fused-ring (bicyclic) bond motifs is 2. The van der Waals surface area contributed by atoms with Crippen molar-refractivity contribution in [2.75, 3.05) is 13.2 Å². The molecule has 34 heavy (non-hydrogen) atoms. The SMILES string of the molecule is C=CCNC(=O)COC(=O)c1c2c(nc3ccccc13)C(=Cc1ccc(C(C)(C)C)cc1)CC2. The summed E-state index contributed by atoms with van der Waals surface area (Å²) in [6.07, 6.45) is 5.22. The average Bonchev–Trinajstić information content (AvgIpc) is 3.21. The molecular formula is C29H30N2O3. The second kappa shape index (κ2) is 9.64. The number of nitrogens with one attached hydrogen (secondary N) is 1. The van der Waals surface area contributed by atoms with Crippen molar-refractivity contribution in [3.63, 3.8) is 0 Å². The van der Waals surface area contributed by atoms with Gasteiger partial charge in [0.1, 0.15) is 0 Å². The summed E-state index contributed by atoms with van der Waals surface area (Å²) < 4.78 is 5.39. The van der Waals surface area contributed by atoms with Crippen LogP contribution in [0.4, 0.5) is 0 Å². The maximum absolute atomic E-state index is 13.1. The zero-order valence-electron chi connectivity index (χ0n) is 20.0. The van der Waals surface area contributed by atoms with E-state index in [0.29, 0.717) is 18.5 Å². The first-order chi connectivity index (χ1) is 16.3. The molecule has 1 aromatic heterocycles. The first kappa shape index (κ1) is 23.4. The van der Waals surface area contributed by atoms with Gasteiger partial charge in [-0.2, -0.15) is 0 Å². The molecule has 2 aromatic carbocycles. The summed E-state index contributed by atoms with van der Waals surface area (Å²) >= 11 is 0. The number of para-hydroxylation sites is 1. The van der Waals surface area contributed by atoms with Gasteiger partial charge in [-0.1, -0.05) is 69.3 Å². The van der Waals surface area contributed by atoms with Crippen molar-refractivity contribution in [3.05, 3.63) is 89.1 Å². The number of aromatic nitrogens is 1. The zero-order chi connectivity index (χ0) is 24.3. The highest BCUT2D eigenvalue weighted by Crippen LogP contribution is 2.38. The van der Waals surface area contributed by atoms with Gasteiger partial charge in [0.25, 0.3) is 5.91 Å². The topological polar surface area (TPSA) is 68.3 Å². The van der Waals surface area contributed by atoms with Crippen molar-refractivity contribution in [3.8, 4) is 0 Å². The number of esters is 1. The number of hydrogen-bond donors (Lipinski definition) is 1. The number of pyridine rings is 1. The summed E-state index contributed by atoms with van der Waals surface area (Å²) in [5.41, 5.74) is 6.55. The van der Waals surface area contributed by atoms with E-state index in [-0.39, 0.29) is 17.9 Å². The Hall–Kier alpha value is -3.73. The summed E-state index contributed by atoms with van der Waals surface area (Å²) in [5.74, 6) is -0.859. The quantitative estimate of drug-likeness (QED) is 0.396. The van der Waals surface area contributed by atoms with Gasteiger partial charge in [-0.3, -0.25) is 4.79 Å². The van der Waals surface area contributed by atoms with Gasteiger partial charge in [0.05, 0.1) is 16.8 Å². The van der Waals surface area contributed by atoms with Gasteiger partial charge in [0.15, 0.2) is 6.61 Å². The molecule has 4 rings (SSSR count). The molecule has 1 amide bonds. The van der Waals surface area contributed by atoms with Gasteiger partial charge in [0.2, 0.25) is 0 Å². The summed E-state index contributed by atoms with van der Waals surface area (Å²) in [5, 5.41) is 3.36. The molecule has 0 saturated carbocycles. The molecular weight excluding hydrogens is 424 g/mol. The minimum Gasteiger partial charge on any atom is -0.452 e. The van der Waals surface area contributed by atoms with E-state index >= 15 is 0 Å². The molecule has 174 valence electrons. The Kier molecular flexibility index (Phi) is 6.64. The van der Waals surface area contributed by atoms with Crippen molar-refractivity contribution < 1.29 is 14.3 Å². The van der Waals surface area contributed by atoms with E-state index in [4.69, 9.17) is 9.72 Å². The Morgan fingerprint density at radius 1 is 1.09 bits per heavy atom. The van der Waals surface area contributed by atoms with E-state index in [1.165, 1.54) is 5.56 Å². The first-order valence-electron chi connectivity index (χ1n) is 11.6. The number of carbonyl (C=O) groups excluding carboxylic acids is 2. The third kappa shape index (κ3) is 4.93. The van der Waals surface area contributed by atoms with Crippen LogP contribution in [0.3, 0.4) is 0 Å². The Morgan fingerprint density at radius 3 is 2.53 bits per heavy atom. The van der Waals surface area contributed by atoms with Crippen LogP contribution in [-0.4, -0.2) is 30.0 Å². The summed E-state index contributed by atoms with van der Waals surface area (Å²) in [7, 11) is 0. The molecule has 0 unspecified atom stereocenters. The van der Waals surface area contributed by atoms with Gasteiger partial charge < -0.3 is 10.1 Å². The molecule has 0 bridgehead atoms. The Labute approximate surface area is 200 Å². The normalized spacial score (nSPS) is 14.1. The Balaban J connectivity index is 1.69. The smallest absolute Gasteiger partial charge is 0.339 e. The van der Waals surface area contributed by atoms with Gasteiger partial charge in [-0.25, -0.2) is 9.78 Å². The monoisotopic (exact) mass is 454 g/mol. The highest BCUT2D eigenvalue weighted by molar-refractivity contribution is 6.07. The van der Waals surface area contributed by atoms with E-state index in [0.717, 1.165) is 39.7 Å². The Morgan fingerprint density at radius 2 is 1.82 bits per heavy atom. The molecule has 0 radical (unpaired) electrons. The number of nitrogens with zero attached hydrogens (tertiary/aromatic N) is 1. The largest absolute Gasteiger partial charge is 0.452 e. The molecule has 0 aliphatic heterocycles. The standard InChI is InChI=1S/C29H30N2O3/c1-5-16-30-25(32)18-34-28(33)26-22-8-6-7-9-24(22)31-27-20(12-15-23(26)27)17-19-10-13-21(14-11-19)29(2,3)4/h5-11,13-14,17H,1,12,15-16,18H2,2-4H3,(H,30,32).